The third-order valence-corrected chi connectivity index (χ3v) is 6.68. The molecule has 2 saturated heterocycles. The molecule has 1 saturated carbocycles. The van der Waals surface area contributed by atoms with Crippen molar-refractivity contribution in [3.8, 4) is 0 Å². The van der Waals surface area contributed by atoms with Crippen LogP contribution in [0.2, 0.25) is 0 Å². The van der Waals surface area contributed by atoms with Gasteiger partial charge in [0.2, 0.25) is 0 Å². The monoisotopic (exact) mass is 288 g/mol. The summed E-state index contributed by atoms with van der Waals surface area (Å²) in [6.07, 6.45) is 7.53. The van der Waals surface area contributed by atoms with E-state index in [-0.39, 0.29) is 12.1 Å². The summed E-state index contributed by atoms with van der Waals surface area (Å²) >= 11 is 0. The summed E-state index contributed by atoms with van der Waals surface area (Å²) in [6.45, 7) is 2.46. The van der Waals surface area contributed by atoms with Crippen LogP contribution in [0.25, 0.3) is 0 Å². The summed E-state index contributed by atoms with van der Waals surface area (Å²) in [5.41, 5.74) is 0. The molecule has 3 fully saturated rings. The molecule has 2 unspecified atom stereocenters. The van der Waals surface area contributed by atoms with Crippen LogP contribution in [0.5, 0.6) is 0 Å². The fourth-order valence-electron chi connectivity index (χ4n) is 3.59. The van der Waals surface area contributed by atoms with Crippen LogP contribution < -0.4 is 0 Å². The summed E-state index contributed by atoms with van der Waals surface area (Å²) < 4.78 is 34.8. The number of hydrogen-bond acceptors (Lipinski definition) is 3. The van der Waals surface area contributed by atoms with Crippen LogP contribution in [-0.4, -0.2) is 55.4 Å². The molecular formula is C13H24N2O3S. The molecule has 0 aromatic rings. The zero-order valence-electron chi connectivity index (χ0n) is 11.5. The molecule has 5 nitrogen and oxygen atoms in total. The van der Waals surface area contributed by atoms with Gasteiger partial charge in [0.15, 0.2) is 0 Å². The van der Waals surface area contributed by atoms with Gasteiger partial charge >= 0.3 is 0 Å². The lowest BCUT2D eigenvalue weighted by Gasteiger charge is -2.44. The molecule has 6 heteroatoms. The van der Waals surface area contributed by atoms with E-state index in [4.69, 9.17) is 4.74 Å². The predicted octanol–water partition coefficient (Wildman–Crippen LogP) is 1.36. The van der Waals surface area contributed by atoms with Gasteiger partial charge in [0.05, 0.1) is 18.8 Å². The fraction of sp³-hybridized carbons (Fsp3) is 1.00. The van der Waals surface area contributed by atoms with Crippen LogP contribution >= 0.6 is 0 Å². The van der Waals surface area contributed by atoms with Gasteiger partial charge in [-0.15, -0.1) is 0 Å². The first-order chi connectivity index (χ1) is 9.19. The van der Waals surface area contributed by atoms with E-state index in [9.17, 15) is 8.42 Å². The normalized spacial score (nSPS) is 34.9. The minimum Gasteiger partial charge on any atom is -0.375 e. The van der Waals surface area contributed by atoms with Gasteiger partial charge in [0.1, 0.15) is 0 Å². The molecule has 3 aliphatic rings. The Balaban J connectivity index is 1.78. The smallest absolute Gasteiger partial charge is 0.282 e. The lowest BCUT2D eigenvalue weighted by molar-refractivity contribution is -0.0603. The number of morpholine rings is 1. The Morgan fingerprint density at radius 2 is 1.63 bits per heavy atom. The van der Waals surface area contributed by atoms with E-state index in [2.05, 4.69) is 0 Å². The first-order valence-electron chi connectivity index (χ1n) is 7.58. The summed E-state index contributed by atoms with van der Waals surface area (Å²) in [5, 5.41) is 0. The largest absolute Gasteiger partial charge is 0.375 e. The molecule has 19 heavy (non-hydrogen) atoms. The van der Waals surface area contributed by atoms with E-state index in [0.29, 0.717) is 26.2 Å². The Labute approximate surface area is 116 Å². The lowest BCUT2D eigenvalue weighted by atomic mass is 9.91. The SMILES string of the molecule is O=S(=O)(N1CCCCC1)N1CCOC2CCCCC21. The molecule has 110 valence electrons. The quantitative estimate of drug-likeness (QED) is 0.771. The van der Waals surface area contributed by atoms with E-state index in [0.717, 1.165) is 38.5 Å². The highest BCUT2D eigenvalue weighted by atomic mass is 32.2. The molecule has 1 aliphatic carbocycles. The van der Waals surface area contributed by atoms with E-state index in [1.807, 2.05) is 0 Å². The molecule has 0 N–H and O–H groups in total. The zero-order chi connectivity index (χ0) is 13.3. The van der Waals surface area contributed by atoms with Crippen LogP contribution in [0.4, 0.5) is 0 Å². The van der Waals surface area contributed by atoms with Crippen molar-refractivity contribution in [1.82, 2.24) is 8.61 Å². The number of nitrogens with zero attached hydrogens (tertiary/aromatic N) is 2. The Hall–Kier alpha value is -0.170. The van der Waals surface area contributed by atoms with Crippen molar-refractivity contribution in [3.63, 3.8) is 0 Å². The molecule has 0 bridgehead atoms. The number of ether oxygens (including phenoxy) is 1. The minimum atomic E-state index is -3.27. The summed E-state index contributed by atoms with van der Waals surface area (Å²) in [5.74, 6) is 0. The van der Waals surface area contributed by atoms with Crippen molar-refractivity contribution in [1.29, 1.82) is 0 Å². The molecule has 0 aromatic heterocycles. The summed E-state index contributed by atoms with van der Waals surface area (Å²) in [4.78, 5) is 0. The molecule has 0 amide bonds. The number of fused-ring (bicyclic) bond motifs is 1. The Bertz CT molecular complexity index is 404. The lowest BCUT2D eigenvalue weighted by Crippen LogP contribution is -2.58. The maximum Gasteiger partial charge on any atom is 0.282 e. The molecule has 0 aromatic carbocycles. The summed E-state index contributed by atoms with van der Waals surface area (Å²) in [6, 6.07) is 0.0782. The molecular weight excluding hydrogens is 264 g/mol. The number of piperidine rings is 1. The van der Waals surface area contributed by atoms with E-state index < -0.39 is 10.2 Å². The fourth-order valence-corrected chi connectivity index (χ4v) is 5.50. The predicted molar refractivity (Wildman–Crippen MR) is 73.0 cm³/mol. The molecule has 2 heterocycles. The average Bonchev–Trinajstić information content (AvgIpc) is 2.47. The van der Waals surface area contributed by atoms with Gasteiger partial charge in [-0.1, -0.05) is 19.3 Å². The van der Waals surface area contributed by atoms with Crippen molar-refractivity contribution in [2.45, 2.75) is 57.1 Å². The minimum absolute atomic E-state index is 0.0782. The van der Waals surface area contributed by atoms with Crippen LogP contribution in [-0.2, 0) is 14.9 Å². The van der Waals surface area contributed by atoms with E-state index in [1.165, 1.54) is 6.42 Å². The molecule has 2 aliphatic heterocycles. The van der Waals surface area contributed by atoms with Gasteiger partial charge in [-0.25, -0.2) is 0 Å². The van der Waals surface area contributed by atoms with Crippen molar-refractivity contribution in [3.05, 3.63) is 0 Å². The molecule has 3 rings (SSSR count). The maximum absolute atomic E-state index is 12.8. The van der Waals surface area contributed by atoms with Crippen LogP contribution in [0.3, 0.4) is 0 Å². The first kappa shape index (κ1) is 13.8. The van der Waals surface area contributed by atoms with Gasteiger partial charge in [-0.2, -0.15) is 17.0 Å². The van der Waals surface area contributed by atoms with Crippen LogP contribution in [0.1, 0.15) is 44.9 Å². The maximum atomic E-state index is 12.8. The molecule has 0 spiro atoms. The number of hydrogen-bond donors (Lipinski definition) is 0. The van der Waals surface area contributed by atoms with Crippen molar-refractivity contribution >= 4 is 10.2 Å². The molecule has 0 radical (unpaired) electrons. The van der Waals surface area contributed by atoms with E-state index in [1.54, 1.807) is 8.61 Å². The van der Waals surface area contributed by atoms with Gasteiger partial charge in [-0.3, -0.25) is 0 Å². The van der Waals surface area contributed by atoms with Crippen LogP contribution in [0, 0.1) is 0 Å². The topological polar surface area (TPSA) is 49.9 Å². The molecule has 2 atom stereocenters. The van der Waals surface area contributed by atoms with Gasteiger partial charge < -0.3 is 4.74 Å². The second kappa shape index (κ2) is 5.68. The summed E-state index contributed by atoms with van der Waals surface area (Å²) in [7, 11) is -3.27. The zero-order valence-corrected chi connectivity index (χ0v) is 12.3. The average molecular weight is 288 g/mol. The Morgan fingerprint density at radius 1 is 0.895 bits per heavy atom. The second-order valence-corrected chi connectivity index (χ2v) is 7.72. The highest BCUT2D eigenvalue weighted by Gasteiger charge is 2.42. The van der Waals surface area contributed by atoms with Gasteiger partial charge in [-0.05, 0) is 25.7 Å². The van der Waals surface area contributed by atoms with Gasteiger partial charge in [0.25, 0.3) is 10.2 Å². The van der Waals surface area contributed by atoms with E-state index >= 15 is 0 Å². The van der Waals surface area contributed by atoms with Crippen molar-refractivity contribution in [2.24, 2.45) is 0 Å². The third kappa shape index (κ3) is 2.68. The standard InChI is InChI=1S/C13H24N2O3S/c16-19(17,14-8-4-1-5-9-14)15-10-11-18-13-7-3-2-6-12(13)15/h12-13H,1-11H2. The van der Waals surface area contributed by atoms with Gasteiger partial charge in [0, 0.05) is 19.6 Å². The Kier molecular flexibility index (Phi) is 4.12. The highest BCUT2D eigenvalue weighted by Crippen LogP contribution is 2.31. The van der Waals surface area contributed by atoms with Crippen molar-refractivity contribution < 1.29 is 13.2 Å². The first-order valence-corrected chi connectivity index (χ1v) is 8.98. The highest BCUT2D eigenvalue weighted by molar-refractivity contribution is 7.86. The number of rotatable bonds is 2. The third-order valence-electron chi connectivity index (χ3n) is 4.62. The van der Waals surface area contributed by atoms with Crippen molar-refractivity contribution in [2.75, 3.05) is 26.2 Å². The second-order valence-electron chi connectivity index (χ2n) is 5.84. The van der Waals surface area contributed by atoms with Crippen LogP contribution in [0.15, 0.2) is 0 Å². The Morgan fingerprint density at radius 3 is 2.42 bits per heavy atom.